The molecule has 33 heavy (non-hydrogen) atoms. The van der Waals surface area contributed by atoms with Gasteiger partial charge in [0.25, 0.3) is 5.91 Å². The Hall–Kier alpha value is -3.04. The molecule has 3 aliphatic heterocycles. The Morgan fingerprint density at radius 2 is 1.94 bits per heavy atom. The van der Waals surface area contributed by atoms with Crippen molar-refractivity contribution in [1.82, 2.24) is 25.5 Å². The fourth-order valence-electron chi connectivity index (χ4n) is 4.92. The highest BCUT2D eigenvalue weighted by atomic mass is 35.5. The summed E-state index contributed by atoms with van der Waals surface area (Å²) in [6.07, 6.45) is 4.25. The van der Waals surface area contributed by atoms with Crippen molar-refractivity contribution >= 4 is 35.1 Å². The van der Waals surface area contributed by atoms with E-state index in [0.717, 1.165) is 42.9 Å². The third-order valence-corrected chi connectivity index (χ3v) is 6.78. The third kappa shape index (κ3) is 4.43. The van der Waals surface area contributed by atoms with Crippen LogP contribution in [0.3, 0.4) is 0 Å². The molecule has 1 aromatic heterocycles. The van der Waals surface area contributed by atoms with Crippen LogP contribution in [0, 0.1) is 0 Å². The first kappa shape index (κ1) is 21.8. The number of rotatable bonds is 5. The summed E-state index contributed by atoms with van der Waals surface area (Å²) in [6, 6.07) is 7.41. The molecule has 0 radical (unpaired) electrons. The number of nitrogens with zero attached hydrogens (tertiary/aromatic N) is 4. The summed E-state index contributed by atoms with van der Waals surface area (Å²) in [5, 5.41) is 5.95. The number of anilines is 1. The van der Waals surface area contributed by atoms with Gasteiger partial charge in [0.05, 0.1) is 0 Å². The molecule has 1 atom stereocenters. The van der Waals surface area contributed by atoms with Crippen LogP contribution in [0.2, 0.25) is 5.28 Å². The zero-order chi connectivity index (χ0) is 22.9. The fourth-order valence-corrected chi connectivity index (χ4v) is 5.07. The van der Waals surface area contributed by atoms with E-state index in [9.17, 15) is 14.4 Å². The zero-order valence-electron chi connectivity index (χ0n) is 18.1. The summed E-state index contributed by atoms with van der Waals surface area (Å²) in [5.41, 5.74) is 2.56. The number of amides is 3. The smallest absolute Gasteiger partial charge is 0.255 e. The monoisotopic (exact) mass is 468 g/mol. The van der Waals surface area contributed by atoms with Crippen molar-refractivity contribution in [3.63, 3.8) is 0 Å². The van der Waals surface area contributed by atoms with Crippen LogP contribution in [0.25, 0.3) is 0 Å². The lowest BCUT2D eigenvalue weighted by atomic mass is 10.0. The third-order valence-electron chi connectivity index (χ3n) is 6.60. The maximum atomic E-state index is 13.0. The summed E-state index contributed by atoms with van der Waals surface area (Å²) in [6.45, 7) is 2.87. The zero-order valence-corrected chi connectivity index (χ0v) is 18.8. The van der Waals surface area contributed by atoms with Crippen LogP contribution >= 0.6 is 11.6 Å². The Bertz CT molecular complexity index is 1100. The molecule has 9 nitrogen and oxygen atoms in total. The van der Waals surface area contributed by atoms with E-state index in [0.29, 0.717) is 31.1 Å². The summed E-state index contributed by atoms with van der Waals surface area (Å²) < 4.78 is 0. The maximum absolute atomic E-state index is 13.0. The number of halogens is 1. The molecule has 1 aromatic carbocycles. The first-order valence-corrected chi connectivity index (χ1v) is 11.6. The highest BCUT2D eigenvalue weighted by Gasteiger charge is 2.39. The quantitative estimate of drug-likeness (QED) is 0.507. The Balaban J connectivity index is 1.38. The molecule has 2 aromatic rings. The van der Waals surface area contributed by atoms with Crippen LogP contribution in [0.4, 0.5) is 5.82 Å². The molecule has 172 valence electrons. The van der Waals surface area contributed by atoms with Gasteiger partial charge in [-0.25, -0.2) is 9.97 Å². The van der Waals surface area contributed by atoms with Crippen LogP contribution in [0.5, 0.6) is 0 Å². The molecule has 0 bridgehead atoms. The number of fused-ring (bicyclic) bond motifs is 1. The van der Waals surface area contributed by atoms with Gasteiger partial charge in [0.15, 0.2) is 0 Å². The van der Waals surface area contributed by atoms with E-state index in [1.165, 1.54) is 0 Å². The number of nitrogens with one attached hydrogen (secondary N) is 2. The number of carbonyl (C=O) groups is 3. The van der Waals surface area contributed by atoms with Crippen LogP contribution in [-0.4, -0.2) is 57.8 Å². The summed E-state index contributed by atoms with van der Waals surface area (Å²) >= 11 is 6.08. The highest BCUT2D eigenvalue weighted by Crippen LogP contribution is 2.30. The van der Waals surface area contributed by atoms with E-state index in [-0.39, 0.29) is 23.5 Å². The van der Waals surface area contributed by atoms with Gasteiger partial charge in [0, 0.05) is 37.3 Å². The number of piperidine rings is 2. The standard InChI is InChI=1S/C23H25ClN6O3/c24-23-26-10-7-19(27-23)29(16-5-8-25-9-6-16)12-14-1-2-17-15(11-14)13-30(22(17)33)18-3-4-20(31)28-21(18)32/h1-2,7,10-11,16,18,25H,3-6,8-9,12-13H2,(H,28,31,32). The molecule has 5 rings (SSSR count). The molecule has 2 N–H and O–H groups in total. The lowest BCUT2D eigenvalue weighted by molar-refractivity contribution is -0.136. The van der Waals surface area contributed by atoms with E-state index in [1.807, 2.05) is 24.3 Å². The SMILES string of the molecule is O=C1CCC(N2Cc3cc(CN(c4ccnc(Cl)n4)C4CCNCC4)ccc3C2=O)C(=O)N1. The molecule has 3 amide bonds. The van der Waals surface area contributed by atoms with E-state index >= 15 is 0 Å². The normalized spacial score (nSPS) is 21.2. The molecule has 0 spiro atoms. The fraction of sp³-hybridized carbons (Fsp3) is 0.435. The van der Waals surface area contributed by atoms with Crippen LogP contribution < -0.4 is 15.5 Å². The van der Waals surface area contributed by atoms with Crippen LogP contribution in [0.1, 0.15) is 47.2 Å². The minimum atomic E-state index is -0.611. The highest BCUT2D eigenvalue weighted by molar-refractivity contribution is 6.28. The minimum absolute atomic E-state index is 0.163. The number of aromatic nitrogens is 2. The first-order valence-electron chi connectivity index (χ1n) is 11.2. The summed E-state index contributed by atoms with van der Waals surface area (Å²) in [4.78, 5) is 49.0. The second kappa shape index (κ2) is 9.07. The van der Waals surface area contributed by atoms with Crippen LogP contribution in [-0.2, 0) is 22.7 Å². The number of hydrogen-bond donors (Lipinski definition) is 2. The average molecular weight is 469 g/mol. The lowest BCUT2D eigenvalue weighted by Gasteiger charge is -2.35. The predicted molar refractivity (Wildman–Crippen MR) is 122 cm³/mol. The molecule has 0 aliphatic carbocycles. The van der Waals surface area contributed by atoms with Gasteiger partial charge >= 0.3 is 0 Å². The second-order valence-corrected chi connectivity index (χ2v) is 9.02. The molecule has 10 heteroatoms. The van der Waals surface area contributed by atoms with Crippen molar-refractivity contribution in [2.45, 2.75) is 50.9 Å². The van der Waals surface area contributed by atoms with Crippen molar-refractivity contribution < 1.29 is 14.4 Å². The van der Waals surface area contributed by atoms with Gasteiger partial charge in [0.2, 0.25) is 17.1 Å². The van der Waals surface area contributed by atoms with Crippen molar-refractivity contribution in [2.24, 2.45) is 0 Å². The molecule has 1 unspecified atom stereocenters. The van der Waals surface area contributed by atoms with Crippen molar-refractivity contribution in [1.29, 1.82) is 0 Å². The number of benzene rings is 1. The van der Waals surface area contributed by atoms with Crippen molar-refractivity contribution in [3.05, 3.63) is 52.4 Å². The topological polar surface area (TPSA) is 108 Å². The lowest BCUT2D eigenvalue weighted by Crippen LogP contribution is -2.52. The van der Waals surface area contributed by atoms with Gasteiger partial charge in [-0.3, -0.25) is 19.7 Å². The molecule has 3 aliphatic rings. The first-order chi connectivity index (χ1) is 16.0. The van der Waals surface area contributed by atoms with E-state index in [2.05, 4.69) is 25.5 Å². The largest absolute Gasteiger partial charge is 0.349 e. The number of hydrogen-bond acceptors (Lipinski definition) is 7. The molecule has 4 heterocycles. The van der Waals surface area contributed by atoms with Crippen molar-refractivity contribution in [2.75, 3.05) is 18.0 Å². The van der Waals surface area contributed by atoms with E-state index < -0.39 is 11.9 Å². The molecular weight excluding hydrogens is 444 g/mol. The van der Waals surface area contributed by atoms with Crippen molar-refractivity contribution in [3.8, 4) is 0 Å². The van der Waals surface area contributed by atoms with Gasteiger partial charge in [-0.05, 0) is 67.2 Å². The number of carbonyl (C=O) groups excluding carboxylic acids is 3. The Kier molecular flexibility index (Phi) is 5.99. The predicted octanol–water partition coefficient (Wildman–Crippen LogP) is 1.65. The van der Waals surface area contributed by atoms with E-state index in [1.54, 1.807) is 11.1 Å². The Labute approximate surface area is 196 Å². The van der Waals surface area contributed by atoms with Gasteiger partial charge in [-0.15, -0.1) is 0 Å². The van der Waals surface area contributed by atoms with Gasteiger partial charge in [-0.1, -0.05) is 12.1 Å². The van der Waals surface area contributed by atoms with Gasteiger partial charge < -0.3 is 15.1 Å². The van der Waals surface area contributed by atoms with Crippen LogP contribution in [0.15, 0.2) is 30.5 Å². The maximum Gasteiger partial charge on any atom is 0.255 e. The molecule has 2 saturated heterocycles. The minimum Gasteiger partial charge on any atom is -0.349 e. The number of imide groups is 1. The molecule has 0 saturated carbocycles. The summed E-state index contributed by atoms with van der Waals surface area (Å²) in [7, 11) is 0. The Morgan fingerprint density at radius 1 is 1.12 bits per heavy atom. The van der Waals surface area contributed by atoms with E-state index in [4.69, 9.17) is 11.6 Å². The summed E-state index contributed by atoms with van der Waals surface area (Å²) in [5.74, 6) is -0.0663. The van der Waals surface area contributed by atoms with Gasteiger partial charge in [0.1, 0.15) is 11.9 Å². The molecule has 2 fully saturated rings. The van der Waals surface area contributed by atoms with Gasteiger partial charge in [-0.2, -0.15) is 0 Å². The Morgan fingerprint density at radius 3 is 2.70 bits per heavy atom. The molecular formula is C23H25ClN6O3. The average Bonchev–Trinajstić information content (AvgIpc) is 3.13. The second-order valence-electron chi connectivity index (χ2n) is 8.68.